The molecule has 0 aliphatic carbocycles. The molecule has 1 N–H and O–H groups in total. The smallest absolute Gasteiger partial charge is 0.321 e. The largest absolute Gasteiger partial charge is 0.381 e. The van der Waals surface area contributed by atoms with Gasteiger partial charge in [-0.1, -0.05) is 25.4 Å². The molecule has 0 saturated carbocycles. The number of nitrogens with zero attached hydrogens (tertiary/aromatic N) is 3. The molecule has 144 valence electrons. The number of hydrogen-bond acceptors (Lipinski definition) is 3. The van der Waals surface area contributed by atoms with Crippen molar-refractivity contribution in [3.8, 4) is 5.69 Å². The zero-order chi connectivity index (χ0) is 19.0. The molecule has 2 saturated heterocycles. The van der Waals surface area contributed by atoms with Gasteiger partial charge >= 0.3 is 6.03 Å². The summed E-state index contributed by atoms with van der Waals surface area (Å²) in [5.41, 5.74) is 2.82. The molecule has 1 unspecified atom stereocenters. The number of halogens is 1. The summed E-state index contributed by atoms with van der Waals surface area (Å²) in [5, 5.41) is 8.27. The standard InChI is InChI=1S/C20H25ClN4O2/c1-14(2)18-17(11-22-25(18)16-5-3-15(21)4-6-16)23-19(26)24-9-7-20(12-24)8-10-27-13-20/h3-6,11,14H,7-10,12-13H2,1-2H3,(H,23,26). The summed E-state index contributed by atoms with van der Waals surface area (Å²) in [6.07, 6.45) is 3.79. The Balaban J connectivity index is 1.53. The molecule has 1 spiro atoms. The summed E-state index contributed by atoms with van der Waals surface area (Å²) in [6.45, 7) is 7.31. The van der Waals surface area contributed by atoms with E-state index in [4.69, 9.17) is 16.3 Å². The van der Waals surface area contributed by atoms with Crippen LogP contribution in [0.2, 0.25) is 5.02 Å². The van der Waals surface area contributed by atoms with Crippen molar-refractivity contribution in [2.75, 3.05) is 31.6 Å². The van der Waals surface area contributed by atoms with E-state index in [0.29, 0.717) is 5.02 Å². The highest BCUT2D eigenvalue weighted by Crippen LogP contribution is 2.38. The fourth-order valence-corrected chi connectivity index (χ4v) is 4.20. The van der Waals surface area contributed by atoms with Crippen molar-refractivity contribution >= 4 is 23.3 Å². The summed E-state index contributed by atoms with van der Waals surface area (Å²) in [6, 6.07) is 7.48. The third-order valence-electron chi connectivity index (χ3n) is 5.58. The number of amides is 2. The van der Waals surface area contributed by atoms with Crippen LogP contribution in [0.1, 0.15) is 38.3 Å². The van der Waals surface area contributed by atoms with Gasteiger partial charge in [-0.05, 0) is 43.0 Å². The van der Waals surface area contributed by atoms with Gasteiger partial charge < -0.3 is 15.0 Å². The van der Waals surface area contributed by atoms with Crippen molar-refractivity contribution in [1.29, 1.82) is 0 Å². The second-order valence-electron chi connectivity index (χ2n) is 7.89. The van der Waals surface area contributed by atoms with Crippen molar-refractivity contribution in [3.63, 3.8) is 0 Å². The maximum Gasteiger partial charge on any atom is 0.321 e. The van der Waals surface area contributed by atoms with Crippen LogP contribution in [-0.2, 0) is 4.74 Å². The summed E-state index contributed by atoms with van der Waals surface area (Å²) < 4.78 is 7.43. The van der Waals surface area contributed by atoms with Gasteiger partial charge in [-0.2, -0.15) is 5.10 Å². The predicted molar refractivity (Wildman–Crippen MR) is 106 cm³/mol. The fraction of sp³-hybridized carbons (Fsp3) is 0.500. The molecule has 7 heteroatoms. The Hall–Kier alpha value is -2.05. The second-order valence-corrected chi connectivity index (χ2v) is 8.33. The highest BCUT2D eigenvalue weighted by atomic mass is 35.5. The minimum absolute atomic E-state index is 0.0590. The lowest BCUT2D eigenvalue weighted by molar-refractivity contribution is 0.154. The molecule has 4 rings (SSSR count). The quantitative estimate of drug-likeness (QED) is 0.853. The number of ether oxygens (including phenoxy) is 1. The van der Waals surface area contributed by atoms with Crippen LogP contribution in [-0.4, -0.2) is 47.0 Å². The monoisotopic (exact) mass is 388 g/mol. The van der Waals surface area contributed by atoms with Gasteiger partial charge in [0.05, 0.1) is 29.9 Å². The van der Waals surface area contributed by atoms with E-state index >= 15 is 0 Å². The van der Waals surface area contributed by atoms with Crippen molar-refractivity contribution < 1.29 is 9.53 Å². The number of likely N-dealkylation sites (tertiary alicyclic amines) is 1. The Labute approximate surface area is 164 Å². The Bertz CT molecular complexity index is 825. The molecule has 6 nitrogen and oxygen atoms in total. The Morgan fingerprint density at radius 3 is 2.74 bits per heavy atom. The maximum absolute atomic E-state index is 12.8. The number of benzene rings is 1. The lowest BCUT2D eigenvalue weighted by atomic mass is 9.87. The van der Waals surface area contributed by atoms with Crippen molar-refractivity contribution in [3.05, 3.63) is 41.2 Å². The van der Waals surface area contributed by atoms with Crippen LogP contribution in [0.25, 0.3) is 5.69 Å². The predicted octanol–water partition coefficient (Wildman–Crippen LogP) is 4.29. The molecule has 0 radical (unpaired) electrons. The van der Waals surface area contributed by atoms with Crippen LogP contribution in [0.3, 0.4) is 0 Å². The topological polar surface area (TPSA) is 59.4 Å². The van der Waals surface area contributed by atoms with Gasteiger partial charge in [0.2, 0.25) is 0 Å². The van der Waals surface area contributed by atoms with Crippen molar-refractivity contribution in [2.45, 2.75) is 32.6 Å². The highest BCUT2D eigenvalue weighted by molar-refractivity contribution is 6.30. The first kappa shape index (κ1) is 18.3. The SMILES string of the molecule is CC(C)c1c(NC(=O)N2CCC3(CCOC3)C2)cnn1-c1ccc(Cl)cc1. The van der Waals surface area contributed by atoms with Gasteiger partial charge in [-0.3, -0.25) is 0 Å². The Kier molecular flexibility index (Phi) is 4.86. The third-order valence-corrected chi connectivity index (χ3v) is 5.83. The number of rotatable bonds is 3. The zero-order valence-corrected chi connectivity index (χ0v) is 16.5. The number of nitrogens with one attached hydrogen (secondary N) is 1. The molecule has 1 atom stereocenters. The molecule has 0 bridgehead atoms. The average molecular weight is 389 g/mol. The van der Waals surface area contributed by atoms with Gasteiger partial charge in [0.25, 0.3) is 0 Å². The van der Waals surface area contributed by atoms with Gasteiger partial charge in [-0.15, -0.1) is 0 Å². The molecule has 27 heavy (non-hydrogen) atoms. The van der Waals surface area contributed by atoms with Crippen LogP contribution in [0.4, 0.5) is 10.5 Å². The molecular weight excluding hydrogens is 364 g/mol. The second kappa shape index (κ2) is 7.17. The average Bonchev–Trinajstić information content (AvgIpc) is 3.37. The van der Waals surface area contributed by atoms with E-state index in [1.54, 1.807) is 6.20 Å². The molecule has 1 aromatic heterocycles. The molecule has 3 heterocycles. The molecule has 1 aromatic carbocycles. The lowest BCUT2D eigenvalue weighted by Crippen LogP contribution is -2.35. The zero-order valence-electron chi connectivity index (χ0n) is 15.7. The number of anilines is 1. The van der Waals surface area contributed by atoms with E-state index in [-0.39, 0.29) is 17.4 Å². The third kappa shape index (κ3) is 3.56. The van der Waals surface area contributed by atoms with Gasteiger partial charge in [-0.25, -0.2) is 9.48 Å². The number of hydrogen-bond donors (Lipinski definition) is 1. The van der Waals surface area contributed by atoms with E-state index in [1.165, 1.54) is 0 Å². The van der Waals surface area contributed by atoms with E-state index in [9.17, 15) is 4.79 Å². The number of carbonyl (C=O) groups excluding carboxylic acids is 1. The lowest BCUT2D eigenvalue weighted by Gasteiger charge is -2.22. The first-order chi connectivity index (χ1) is 13.0. The summed E-state index contributed by atoms with van der Waals surface area (Å²) in [7, 11) is 0. The number of carbonyl (C=O) groups is 1. The van der Waals surface area contributed by atoms with E-state index in [1.807, 2.05) is 33.8 Å². The summed E-state index contributed by atoms with van der Waals surface area (Å²) in [5.74, 6) is 0.201. The molecule has 2 fully saturated rings. The molecule has 2 amide bonds. The minimum atomic E-state index is -0.0590. The van der Waals surface area contributed by atoms with E-state index in [2.05, 4.69) is 24.3 Å². The van der Waals surface area contributed by atoms with Gasteiger partial charge in [0.15, 0.2) is 0 Å². The van der Waals surface area contributed by atoms with Crippen molar-refractivity contribution in [2.24, 2.45) is 5.41 Å². The molecule has 2 aliphatic heterocycles. The first-order valence-corrected chi connectivity index (χ1v) is 9.83. The normalized spacial score (nSPS) is 22.1. The van der Waals surface area contributed by atoms with Crippen LogP contribution < -0.4 is 5.32 Å². The molecule has 2 aromatic rings. The van der Waals surface area contributed by atoms with Crippen LogP contribution in [0, 0.1) is 5.41 Å². The van der Waals surface area contributed by atoms with Crippen LogP contribution in [0.15, 0.2) is 30.5 Å². The summed E-state index contributed by atoms with van der Waals surface area (Å²) in [4.78, 5) is 14.7. The highest BCUT2D eigenvalue weighted by Gasteiger charge is 2.42. The van der Waals surface area contributed by atoms with Gasteiger partial charge in [0.1, 0.15) is 0 Å². The fourth-order valence-electron chi connectivity index (χ4n) is 4.07. The van der Waals surface area contributed by atoms with E-state index in [0.717, 1.165) is 56.2 Å². The summed E-state index contributed by atoms with van der Waals surface area (Å²) >= 11 is 6.00. The number of aromatic nitrogens is 2. The molecule has 2 aliphatic rings. The van der Waals surface area contributed by atoms with Crippen molar-refractivity contribution in [1.82, 2.24) is 14.7 Å². The van der Waals surface area contributed by atoms with E-state index < -0.39 is 0 Å². The minimum Gasteiger partial charge on any atom is -0.381 e. The first-order valence-electron chi connectivity index (χ1n) is 9.45. The van der Waals surface area contributed by atoms with Crippen LogP contribution >= 0.6 is 11.6 Å². The van der Waals surface area contributed by atoms with Crippen LogP contribution in [0.5, 0.6) is 0 Å². The number of urea groups is 1. The maximum atomic E-state index is 12.8. The Morgan fingerprint density at radius 1 is 1.30 bits per heavy atom. The molecular formula is C20H25ClN4O2. The van der Waals surface area contributed by atoms with Gasteiger partial charge in [0, 0.05) is 30.1 Å². The Morgan fingerprint density at radius 2 is 2.07 bits per heavy atom.